The Morgan fingerprint density at radius 2 is 1.94 bits per heavy atom. The fourth-order valence-electron chi connectivity index (χ4n) is 1.67. The lowest BCUT2D eigenvalue weighted by Gasteiger charge is -2.15. The molecule has 7 heteroatoms. The first-order valence-corrected chi connectivity index (χ1v) is 7.15. The van der Waals surface area contributed by atoms with E-state index in [1.165, 1.54) is 0 Å². The Kier molecular flexibility index (Phi) is 5.17. The molecule has 0 unspecified atom stereocenters. The summed E-state index contributed by atoms with van der Waals surface area (Å²) in [5, 5.41) is 0. The first kappa shape index (κ1) is 13.4. The number of likely N-dealkylation sites (tertiary alicyclic amines) is 1. The van der Waals surface area contributed by atoms with Gasteiger partial charge in [0.05, 0.1) is 5.75 Å². The number of rotatable bonds is 6. The van der Waals surface area contributed by atoms with Crippen LogP contribution in [0.4, 0.5) is 0 Å². The number of nitrogens with one attached hydrogen (secondary N) is 1. The van der Waals surface area contributed by atoms with Crippen LogP contribution in [-0.2, 0) is 14.8 Å². The molecule has 0 bridgehead atoms. The number of nitrogens with two attached hydrogens (primary N) is 1. The topological polar surface area (TPSA) is 92.5 Å². The molecule has 1 saturated heterocycles. The van der Waals surface area contributed by atoms with Gasteiger partial charge in [0.15, 0.2) is 0 Å². The molecular weight excluding hydrogens is 230 g/mol. The highest BCUT2D eigenvalue weighted by molar-refractivity contribution is 7.89. The van der Waals surface area contributed by atoms with Crippen LogP contribution in [0.25, 0.3) is 0 Å². The van der Waals surface area contributed by atoms with Crippen LogP contribution in [0.1, 0.15) is 19.3 Å². The number of amides is 1. The van der Waals surface area contributed by atoms with Gasteiger partial charge < -0.3 is 10.6 Å². The number of carbonyl (C=O) groups excluding carboxylic acids is 1. The van der Waals surface area contributed by atoms with Gasteiger partial charge in [-0.15, -0.1) is 0 Å². The minimum Gasteiger partial charge on any atom is -0.343 e. The van der Waals surface area contributed by atoms with Crippen LogP contribution in [0, 0.1) is 0 Å². The van der Waals surface area contributed by atoms with E-state index in [2.05, 4.69) is 4.72 Å². The van der Waals surface area contributed by atoms with Crippen molar-refractivity contribution >= 4 is 15.9 Å². The summed E-state index contributed by atoms with van der Waals surface area (Å²) in [4.78, 5) is 13.3. The monoisotopic (exact) mass is 249 g/mol. The molecular formula is C9H19N3O3S. The van der Waals surface area contributed by atoms with E-state index in [4.69, 9.17) is 5.73 Å². The molecule has 0 aromatic rings. The zero-order chi connectivity index (χ0) is 12.0. The fourth-order valence-corrected chi connectivity index (χ4v) is 2.53. The lowest BCUT2D eigenvalue weighted by Crippen LogP contribution is -2.34. The molecule has 0 aliphatic carbocycles. The molecule has 1 amide bonds. The highest BCUT2D eigenvalue weighted by Crippen LogP contribution is 2.08. The first-order valence-electron chi connectivity index (χ1n) is 5.50. The normalized spacial score (nSPS) is 16.7. The molecule has 94 valence electrons. The Morgan fingerprint density at radius 3 is 2.50 bits per heavy atom. The average Bonchev–Trinajstić information content (AvgIpc) is 2.69. The molecule has 0 saturated carbocycles. The maximum atomic E-state index is 11.6. The van der Waals surface area contributed by atoms with E-state index in [1.54, 1.807) is 4.90 Å². The minimum absolute atomic E-state index is 0.0212. The van der Waals surface area contributed by atoms with Gasteiger partial charge in [0.25, 0.3) is 0 Å². The van der Waals surface area contributed by atoms with Gasteiger partial charge in [-0.25, -0.2) is 13.1 Å². The number of hydrogen-bond acceptors (Lipinski definition) is 4. The molecule has 0 aromatic carbocycles. The second-order valence-corrected chi connectivity index (χ2v) is 5.77. The molecule has 6 nitrogen and oxygen atoms in total. The molecule has 16 heavy (non-hydrogen) atoms. The molecule has 0 aromatic heterocycles. The minimum atomic E-state index is -3.30. The van der Waals surface area contributed by atoms with E-state index < -0.39 is 10.0 Å². The SMILES string of the molecule is NCCS(=O)(=O)NCCC(=O)N1CCCC1. The van der Waals surface area contributed by atoms with Gasteiger partial charge in [0.2, 0.25) is 15.9 Å². The molecule has 0 spiro atoms. The molecule has 3 N–H and O–H groups in total. The van der Waals surface area contributed by atoms with Crippen molar-refractivity contribution in [2.24, 2.45) is 5.73 Å². The number of sulfonamides is 1. The van der Waals surface area contributed by atoms with Crippen LogP contribution >= 0.6 is 0 Å². The Balaban J connectivity index is 2.22. The predicted molar refractivity (Wildman–Crippen MR) is 61.3 cm³/mol. The number of nitrogens with zero attached hydrogens (tertiary/aromatic N) is 1. The van der Waals surface area contributed by atoms with Gasteiger partial charge in [-0.3, -0.25) is 4.79 Å². The van der Waals surface area contributed by atoms with Crippen molar-refractivity contribution in [2.45, 2.75) is 19.3 Å². The molecule has 0 atom stereocenters. The summed E-state index contributed by atoms with van der Waals surface area (Å²) in [5.74, 6) is -0.0711. The predicted octanol–water partition coefficient (Wildman–Crippen LogP) is -1.12. The third-order valence-electron chi connectivity index (χ3n) is 2.51. The summed E-state index contributed by atoms with van der Waals surface area (Å²) < 4.78 is 24.8. The van der Waals surface area contributed by atoms with E-state index in [-0.39, 0.29) is 31.2 Å². The fraction of sp³-hybridized carbons (Fsp3) is 0.889. The van der Waals surface area contributed by atoms with E-state index in [9.17, 15) is 13.2 Å². The number of carbonyl (C=O) groups is 1. The van der Waals surface area contributed by atoms with Crippen LogP contribution in [0.5, 0.6) is 0 Å². The third-order valence-corrected chi connectivity index (χ3v) is 3.92. The Labute approximate surface area is 96.2 Å². The molecule has 1 fully saturated rings. The Bertz CT molecular complexity index is 323. The first-order chi connectivity index (χ1) is 7.55. The second-order valence-electron chi connectivity index (χ2n) is 3.84. The second kappa shape index (κ2) is 6.17. The molecule has 1 aliphatic heterocycles. The van der Waals surface area contributed by atoms with E-state index in [0.29, 0.717) is 0 Å². The van der Waals surface area contributed by atoms with E-state index in [1.807, 2.05) is 0 Å². The smallest absolute Gasteiger partial charge is 0.223 e. The summed E-state index contributed by atoms with van der Waals surface area (Å²) in [6.07, 6.45) is 2.32. The van der Waals surface area contributed by atoms with Crippen molar-refractivity contribution in [3.63, 3.8) is 0 Å². The van der Waals surface area contributed by atoms with Crippen molar-refractivity contribution in [3.8, 4) is 0 Å². The maximum absolute atomic E-state index is 11.6. The molecule has 0 radical (unpaired) electrons. The van der Waals surface area contributed by atoms with Crippen molar-refractivity contribution in [3.05, 3.63) is 0 Å². The van der Waals surface area contributed by atoms with Crippen LogP contribution in [-0.4, -0.2) is 51.2 Å². The molecule has 1 heterocycles. The number of hydrogen-bond donors (Lipinski definition) is 2. The molecule has 1 rings (SSSR count). The summed E-state index contributed by atoms with van der Waals surface area (Å²) in [6, 6.07) is 0. The Hall–Kier alpha value is -0.660. The maximum Gasteiger partial charge on any atom is 0.223 e. The average molecular weight is 249 g/mol. The third kappa shape index (κ3) is 4.46. The highest BCUT2D eigenvalue weighted by Gasteiger charge is 2.18. The standard InChI is InChI=1S/C9H19N3O3S/c10-4-8-16(14,15)11-5-3-9(13)12-6-1-2-7-12/h11H,1-8,10H2. The lowest BCUT2D eigenvalue weighted by molar-refractivity contribution is -0.129. The summed E-state index contributed by atoms with van der Waals surface area (Å²) >= 11 is 0. The van der Waals surface area contributed by atoms with Crippen LogP contribution < -0.4 is 10.5 Å². The van der Waals surface area contributed by atoms with Gasteiger partial charge in [-0.1, -0.05) is 0 Å². The summed E-state index contributed by atoms with van der Waals surface area (Å²) in [6.45, 7) is 1.86. The quantitative estimate of drug-likeness (QED) is 0.623. The zero-order valence-corrected chi connectivity index (χ0v) is 10.1. The van der Waals surface area contributed by atoms with Gasteiger partial charge in [-0.05, 0) is 12.8 Å². The van der Waals surface area contributed by atoms with Crippen molar-refractivity contribution in [2.75, 3.05) is 31.9 Å². The molecule has 1 aliphatic rings. The van der Waals surface area contributed by atoms with E-state index >= 15 is 0 Å². The van der Waals surface area contributed by atoms with Gasteiger partial charge in [-0.2, -0.15) is 0 Å². The van der Waals surface area contributed by atoms with Crippen LogP contribution in [0.15, 0.2) is 0 Å². The Morgan fingerprint density at radius 1 is 1.31 bits per heavy atom. The summed E-state index contributed by atoms with van der Waals surface area (Å²) in [7, 11) is -3.30. The lowest BCUT2D eigenvalue weighted by atomic mass is 10.4. The largest absolute Gasteiger partial charge is 0.343 e. The summed E-state index contributed by atoms with van der Waals surface area (Å²) in [5.41, 5.74) is 5.15. The van der Waals surface area contributed by atoms with Gasteiger partial charge >= 0.3 is 0 Å². The zero-order valence-electron chi connectivity index (χ0n) is 9.31. The van der Waals surface area contributed by atoms with E-state index in [0.717, 1.165) is 25.9 Å². The van der Waals surface area contributed by atoms with Crippen LogP contribution in [0.2, 0.25) is 0 Å². The van der Waals surface area contributed by atoms with Crippen molar-refractivity contribution in [1.82, 2.24) is 9.62 Å². The van der Waals surface area contributed by atoms with Gasteiger partial charge in [0, 0.05) is 32.6 Å². The van der Waals surface area contributed by atoms with Crippen molar-refractivity contribution < 1.29 is 13.2 Å². The van der Waals surface area contributed by atoms with Crippen molar-refractivity contribution in [1.29, 1.82) is 0 Å². The van der Waals surface area contributed by atoms with Gasteiger partial charge in [0.1, 0.15) is 0 Å². The highest BCUT2D eigenvalue weighted by atomic mass is 32.2. The van der Waals surface area contributed by atoms with Crippen LogP contribution in [0.3, 0.4) is 0 Å².